The first kappa shape index (κ1) is 16.5. The zero-order valence-electron chi connectivity index (χ0n) is 11.9. The minimum Gasteiger partial charge on any atom is -0.387 e. The minimum absolute atomic E-state index is 0.0140. The first-order valence-electron chi connectivity index (χ1n) is 6.28. The lowest BCUT2D eigenvalue weighted by Gasteiger charge is -2.27. The molecule has 2 N–H and O–H groups in total. The number of amides is 1. The van der Waals surface area contributed by atoms with E-state index in [1.54, 1.807) is 25.9 Å². The van der Waals surface area contributed by atoms with Crippen molar-refractivity contribution in [3.8, 4) is 0 Å². The van der Waals surface area contributed by atoms with E-state index in [0.717, 1.165) is 12.1 Å². The molecule has 0 aliphatic rings. The van der Waals surface area contributed by atoms with Crippen molar-refractivity contribution in [2.45, 2.75) is 18.9 Å². The molecule has 0 fully saturated rings. The van der Waals surface area contributed by atoms with Gasteiger partial charge in [-0.05, 0) is 33.2 Å². The number of nitrogens with one attached hydrogen (secondary N) is 1. The number of carbonyl (C=O) groups excluding carboxylic acids is 1. The normalized spacial score (nSPS) is 14.2. The average Bonchev–Trinajstić information content (AvgIpc) is 2.30. The van der Waals surface area contributed by atoms with Gasteiger partial charge in [0, 0.05) is 18.7 Å². The van der Waals surface area contributed by atoms with Crippen molar-refractivity contribution in [1.82, 2.24) is 10.2 Å². The number of hydrogen-bond acceptors (Lipinski definition) is 3. The fourth-order valence-corrected chi connectivity index (χ4v) is 1.95. The average molecular weight is 286 g/mol. The zero-order valence-corrected chi connectivity index (χ0v) is 11.9. The van der Waals surface area contributed by atoms with Crippen LogP contribution in [0.25, 0.3) is 0 Å². The predicted octanol–water partition coefficient (Wildman–Crippen LogP) is 0.936. The highest BCUT2D eigenvalue weighted by atomic mass is 19.1. The summed E-state index contributed by atoms with van der Waals surface area (Å²) in [6.07, 6.45) is -0.392. The molecule has 6 heteroatoms. The van der Waals surface area contributed by atoms with Crippen LogP contribution < -0.4 is 5.32 Å². The molecule has 1 aromatic rings. The highest BCUT2D eigenvalue weighted by Gasteiger charge is 2.22. The van der Waals surface area contributed by atoms with Crippen molar-refractivity contribution in [3.63, 3.8) is 0 Å². The third kappa shape index (κ3) is 5.22. The number of benzene rings is 1. The van der Waals surface area contributed by atoms with Crippen molar-refractivity contribution in [2.75, 3.05) is 27.2 Å². The lowest BCUT2D eigenvalue weighted by atomic mass is 10.1. The Labute approximate surface area is 117 Å². The second-order valence-corrected chi connectivity index (χ2v) is 5.39. The molecule has 0 aromatic heterocycles. The molecule has 112 valence electrons. The highest BCUT2D eigenvalue weighted by molar-refractivity contribution is 5.78. The maximum Gasteiger partial charge on any atom is 0.224 e. The van der Waals surface area contributed by atoms with E-state index in [1.807, 2.05) is 0 Å². The van der Waals surface area contributed by atoms with E-state index in [4.69, 9.17) is 0 Å². The molecule has 0 saturated carbocycles. The van der Waals surface area contributed by atoms with Gasteiger partial charge in [-0.25, -0.2) is 8.78 Å². The first-order valence-corrected chi connectivity index (χ1v) is 6.28. The molecular weight excluding hydrogens is 266 g/mol. The van der Waals surface area contributed by atoms with Crippen molar-refractivity contribution < 1.29 is 18.7 Å². The molecule has 1 atom stereocenters. The SMILES string of the molecule is CN(C)CC(C)(O)CNC(=O)Cc1c(F)cccc1F. The van der Waals surface area contributed by atoms with E-state index in [1.165, 1.54) is 6.07 Å². The van der Waals surface area contributed by atoms with Gasteiger partial charge in [-0.15, -0.1) is 0 Å². The monoisotopic (exact) mass is 286 g/mol. The van der Waals surface area contributed by atoms with Gasteiger partial charge in [-0.3, -0.25) is 4.79 Å². The summed E-state index contributed by atoms with van der Waals surface area (Å²) in [5, 5.41) is 12.5. The number of aliphatic hydroxyl groups is 1. The Bertz CT molecular complexity index is 456. The largest absolute Gasteiger partial charge is 0.387 e. The lowest BCUT2D eigenvalue weighted by Crippen LogP contribution is -2.47. The maximum absolute atomic E-state index is 13.4. The van der Waals surface area contributed by atoms with E-state index < -0.39 is 29.6 Å². The molecule has 1 unspecified atom stereocenters. The van der Waals surface area contributed by atoms with E-state index in [9.17, 15) is 18.7 Å². The number of rotatable bonds is 6. The molecular formula is C14H20F2N2O2. The smallest absolute Gasteiger partial charge is 0.224 e. The Balaban J connectivity index is 2.56. The Morgan fingerprint density at radius 1 is 1.35 bits per heavy atom. The van der Waals surface area contributed by atoms with Crippen LogP contribution in [-0.2, 0) is 11.2 Å². The van der Waals surface area contributed by atoms with Gasteiger partial charge in [0.2, 0.25) is 5.91 Å². The van der Waals surface area contributed by atoms with Gasteiger partial charge in [-0.2, -0.15) is 0 Å². The minimum atomic E-state index is -1.10. The van der Waals surface area contributed by atoms with E-state index in [2.05, 4.69) is 5.32 Å². The summed E-state index contributed by atoms with van der Waals surface area (Å²) in [6, 6.07) is 3.45. The van der Waals surface area contributed by atoms with Crippen LogP contribution in [0.3, 0.4) is 0 Å². The fraction of sp³-hybridized carbons (Fsp3) is 0.500. The van der Waals surface area contributed by atoms with Gasteiger partial charge in [0.15, 0.2) is 0 Å². The summed E-state index contributed by atoms with van der Waals surface area (Å²) in [7, 11) is 3.59. The van der Waals surface area contributed by atoms with Gasteiger partial charge in [-0.1, -0.05) is 6.07 Å². The molecule has 0 heterocycles. The molecule has 1 aromatic carbocycles. The second kappa shape index (κ2) is 6.76. The number of halogens is 2. The Kier molecular flexibility index (Phi) is 5.59. The van der Waals surface area contributed by atoms with Crippen LogP contribution in [0.1, 0.15) is 12.5 Å². The van der Waals surface area contributed by atoms with Crippen LogP contribution in [0.5, 0.6) is 0 Å². The maximum atomic E-state index is 13.4. The Morgan fingerprint density at radius 3 is 2.40 bits per heavy atom. The molecule has 0 radical (unpaired) electrons. The van der Waals surface area contributed by atoms with Crippen LogP contribution in [-0.4, -0.2) is 48.7 Å². The third-order valence-electron chi connectivity index (χ3n) is 2.72. The summed E-state index contributed by atoms with van der Waals surface area (Å²) in [5.41, 5.74) is -1.37. The summed E-state index contributed by atoms with van der Waals surface area (Å²) in [6.45, 7) is 1.96. The van der Waals surface area contributed by atoms with Crippen molar-refractivity contribution in [3.05, 3.63) is 35.4 Å². The van der Waals surface area contributed by atoms with Crippen LogP contribution in [0.4, 0.5) is 8.78 Å². The predicted molar refractivity (Wildman–Crippen MR) is 72.2 cm³/mol. The van der Waals surface area contributed by atoms with E-state index >= 15 is 0 Å². The topological polar surface area (TPSA) is 52.6 Å². The molecule has 1 rings (SSSR count). The van der Waals surface area contributed by atoms with Crippen LogP contribution >= 0.6 is 0 Å². The van der Waals surface area contributed by atoms with Gasteiger partial charge in [0.25, 0.3) is 0 Å². The van der Waals surface area contributed by atoms with E-state index in [0.29, 0.717) is 6.54 Å². The van der Waals surface area contributed by atoms with Crippen molar-refractivity contribution >= 4 is 5.91 Å². The number of hydrogen-bond donors (Lipinski definition) is 2. The van der Waals surface area contributed by atoms with Crippen LogP contribution in [0, 0.1) is 11.6 Å². The molecule has 0 aliphatic carbocycles. The second-order valence-electron chi connectivity index (χ2n) is 5.39. The van der Waals surface area contributed by atoms with Gasteiger partial charge < -0.3 is 15.3 Å². The Hall–Kier alpha value is -1.53. The lowest BCUT2D eigenvalue weighted by molar-refractivity contribution is -0.121. The van der Waals surface area contributed by atoms with Crippen molar-refractivity contribution in [2.24, 2.45) is 0 Å². The summed E-state index contributed by atoms with van der Waals surface area (Å²) >= 11 is 0. The fourth-order valence-electron chi connectivity index (χ4n) is 1.95. The zero-order chi connectivity index (χ0) is 15.3. The summed E-state index contributed by atoms with van der Waals surface area (Å²) < 4.78 is 26.8. The molecule has 0 bridgehead atoms. The molecule has 20 heavy (non-hydrogen) atoms. The molecule has 0 saturated heterocycles. The summed E-state index contributed by atoms with van der Waals surface area (Å²) in [5.74, 6) is -2.03. The molecule has 0 spiro atoms. The molecule has 4 nitrogen and oxygen atoms in total. The third-order valence-corrected chi connectivity index (χ3v) is 2.72. The van der Waals surface area contributed by atoms with Crippen molar-refractivity contribution in [1.29, 1.82) is 0 Å². The molecule has 0 aliphatic heterocycles. The number of likely N-dealkylation sites (N-methyl/N-ethyl adjacent to an activating group) is 1. The summed E-state index contributed by atoms with van der Waals surface area (Å²) in [4.78, 5) is 13.5. The number of carbonyl (C=O) groups is 1. The Morgan fingerprint density at radius 2 is 1.90 bits per heavy atom. The number of nitrogens with zero attached hydrogens (tertiary/aromatic N) is 1. The van der Waals surface area contributed by atoms with Crippen LogP contribution in [0.15, 0.2) is 18.2 Å². The standard InChI is InChI=1S/C14H20F2N2O2/c1-14(20,9-18(2)3)8-17-13(19)7-10-11(15)5-4-6-12(10)16/h4-6,20H,7-9H2,1-3H3,(H,17,19). The highest BCUT2D eigenvalue weighted by Crippen LogP contribution is 2.12. The van der Waals surface area contributed by atoms with Gasteiger partial charge in [0.1, 0.15) is 11.6 Å². The quantitative estimate of drug-likeness (QED) is 0.818. The first-order chi connectivity index (χ1) is 9.21. The van der Waals surface area contributed by atoms with Gasteiger partial charge in [0.05, 0.1) is 12.0 Å². The van der Waals surface area contributed by atoms with E-state index in [-0.39, 0.29) is 12.1 Å². The van der Waals surface area contributed by atoms with Crippen LogP contribution in [0.2, 0.25) is 0 Å². The molecule has 1 amide bonds. The van der Waals surface area contributed by atoms with Gasteiger partial charge >= 0.3 is 0 Å².